The summed E-state index contributed by atoms with van der Waals surface area (Å²) in [5.41, 5.74) is 0.517. The summed E-state index contributed by atoms with van der Waals surface area (Å²) in [6.07, 6.45) is -0.466. The van der Waals surface area contributed by atoms with Gasteiger partial charge in [-0.2, -0.15) is 0 Å². The lowest BCUT2D eigenvalue weighted by Crippen LogP contribution is -2.61. The van der Waals surface area contributed by atoms with Crippen molar-refractivity contribution in [3.8, 4) is 5.75 Å². The van der Waals surface area contributed by atoms with Gasteiger partial charge in [0.05, 0.1) is 6.61 Å². The topological polar surface area (TPSA) is 99.1 Å². The molecule has 2 heterocycles. The minimum atomic E-state index is -0.739. The zero-order chi connectivity index (χ0) is 19.1. The zero-order valence-corrected chi connectivity index (χ0v) is 15.7. The van der Waals surface area contributed by atoms with Gasteiger partial charge in [0.2, 0.25) is 0 Å². The molecule has 2 rings (SSSR count). The molecule has 0 aliphatic carbocycles. The zero-order valence-electron chi connectivity index (χ0n) is 15.7. The van der Waals surface area contributed by atoms with Gasteiger partial charge in [0.1, 0.15) is 24.1 Å². The van der Waals surface area contributed by atoms with Crippen LogP contribution in [0.3, 0.4) is 0 Å². The van der Waals surface area contributed by atoms with Crippen molar-refractivity contribution < 1.29 is 28.8 Å². The summed E-state index contributed by atoms with van der Waals surface area (Å²) >= 11 is 0. The van der Waals surface area contributed by atoms with Crippen LogP contribution >= 0.6 is 0 Å². The maximum atomic E-state index is 12.6. The Morgan fingerprint density at radius 2 is 1.88 bits per heavy atom. The highest BCUT2D eigenvalue weighted by Gasteiger charge is 2.43. The van der Waals surface area contributed by atoms with E-state index in [1.807, 2.05) is 20.8 Å². The molecular formula is C18H28N2O6. The molecule has 1 fully saturated rings. The Labute approximate surface area is 153 Å². The van der Waals surface area contributed by atoms with Crippen LogP contribution in [0.2, 0.25) is 0 Å². The van der Waals surface area contributed by atoms with E-state index in [9.17, 15) is 9.90 Å². The second-order valence-corrected chi connectivity index (χ2v) is 5.89. The van der Waals surface area contributed by atoms with E-state index < -0.39 is 18.2 Å². The lowest BCUT2D eigenvalue weighted by Gasteiger charge is -2.41. The summed E-state index contributed by atoms with van der Waals surface area (Å²) in [7, 11) is 0. The molecule has 8 nitrogen and oxygen atoms in total. The highest BCUT2D eigenvalue weighted by Crippen LogP contribution is 2.24. The van der Waals surface area contributed by atoms with Gasteiger partial charge < -0.3 is 29.4 Å². The largest absolute Gasteiger partial charge is 0.505 e. The molecule has 4 atom stereocenters. The monoisotopic (exact) mass is 368 g/mol. The number of aryl methyl sites for hydroxylation is 1. The first kappa shape index (κ1) is 20.6. The van der Waals surface area contributed by atoms with Gasteiger partial charge in [-0.15, -0.1) is 0 Å². The number of aromatic hydroxyl groups is 1. The van der Waals surface area contributed by atoms with Crippen LogP contribution in [-0.2, 0) is 18.9 Å². The molecule has 2 N–H and O–H groups in total. The van der Waals surface area contributed by atoms with E-state index in [0.29, 0.717) is 25.4 Å². The lowest BCUT2D eigenvalue weighted by molar-refractivity contribution is -0.231. The first-order chi connectivity index (χ1) is 12.5. The second kappa shape index (κ2) is 9.82. The van der Waals surface area contributed by atoms with Crippen molar-refractivity contribution in [2.45, 2.75) is 52.2 Å². The Balaban J connectivity index is 2.18. The number of rotatable bonds is 8. The number of carbonyl (C=O) groups is 1. The Morgan fingerprint density at radius 1 is 1.23 bits per heavy atom. The van der Waals surface area contributed by atoms with Gasteiger partial charge in [-0.1, -0.05) is 0 Å². The first-order valence-electron chi connectivity index (χ1n) is 8.95. The molecule has 1 aliphatic heterocycles. The number of aromatic nitrogens is 1. The van der Waals surface area contributed by atoms with Crippen LogP contribution in [0, 0.1) is 6.92 Å². The summed E-state index contributed by atoms with van der Waals surface area (Å²) in [5, 5.41) is 12.8. The van der Waals surface area contributed by atoms with Crippen LogP contribution in [0.1, 0.15) is 36.8 Å². The summed E-state index contributed by atoms with van der Waals surface area (Å²) in [5.74, 6) is -0.687. The maximum Gasteiger partial charge on any atom is 0.275 e. The third kappa shape index (κ3) is 4.70. The van der Waals surface area contributed by atoms with Crippen molar-refractivity contribution >= 4 is 5.91 Å². The van der Waals surface area contributed by atoms with Crippen LogP contribution in [-0.4, -0.2) is 67.0 Å². The summed E-state index contributed by atoms with van der Waals surface area (Å²) in [6, 6.07) is 1.63. The minimum Gasteiger partial charge on any atom is -0.505 e. The third-order valence-electron chi connectivity index (χ3n) is 4.14. The molecule has 0 bridgehead atoms. The Hall–Kier alpha value is -1.74. The van der Waals surface area contributed by atoms with E-state index in [4.69, 9.17) is 18.9 Å². The number of hydrogen-bond donors (Lipinski definition) is 2. The number of nitrogens with one attached hydrogen (secondary N) is 1. The predicted molar refractivity (Wildman–Crippen MR) is 94.1 cm³/mol. The number of amides is 1. The van der Waals surface area contributed by atoms with Crippen LogP contribution in [0.4, 0.5) is 0 Å². The van der Waals surface area contributed by atoms with Crippen LogP contribution in [0.15, 0.2) is 12.3 Å². The summed E-state index contributed by atoms with van der Waals surface area (Å²) in [4.78, 5) is 16.5. The van der Waals surface area contributed by atoms with Gasteiger partial charge in [-0.05, 0) is 39.3 Å². The molecule has 8 heteroatoms. The second-order valence-electron chi connectivity index (χ2n) is 5.89. The normalized spacial score (nSPS) is 25.8. The minimum absolute atomic E-state index is 0.0521. The molecule has 146 valence electrons. The Bertz CT molecular complexity index is 597. The molecule has 0 saturated carbocycles. The average Bonchev–Trinajstić information content (AvgIpc) is 2.62. The number of ether oxygens (including phenoxy) is 4. The lowest BCUT2D eigenvalue weighted by atomic mass is 10.0. The van der Waals surface area contributed by atoms with Gasteiger partial charge in [0.15, 0.2) is 11.9 Å². The maximum absolute atomic E-state index is 12.6. The van der Waals surface area contributed by atoms with Gasteiger partial charge in [-0.25, -0.2) is 4.98 Å². The van der Waals surface area contributed by atoms with Crippen molar-refractivity contribution in [1.29, 1.82) is 0 Å². The van der Waals surface area contributed by atoms with E-state index in [-0.39, 0.29) is 30.3 Å². The fourth-order valence-corrected chi connectivity index (χ4v) is 2.94. The molecular weight excluding hydrogens is 340 g/mol. The van der Waals surface area contributed by atoms with Crippen LogP contribution in [0.25, 0.3) is 0 Å². The average molecular weight is 368 g/mol. The van der Waals surface area contributed by atoms with E-state index >= 15 is 0 Å². The molecule has 1 saturated heterocycles. The fourth-order valence-electron chi connectivity index (χ4n) is 2.94. The van der Waals surface area contributed by atoms with E-state index in [0.717, 1.165) is 0 Å². The number of nitrogens with zero attached hydrogens (tertiary/aromatic N) is 1. The Kier molecular flexibility index (Phi) is 7.77. The molecule has 26 heavy (non-hydrogen) atoms. The molecule has 0 radical (unpaired) electrons. The van der Waals surface area contributed by atoms with Crippen molar-refractivity contribution in [3.63, 3.8) is 0 Å². The van der Waals surface area contributed by atoms with Gasteiger partial charge >= 0.3 is 0 Å². The van der Waals surface area contributed by atoms with Gasteiger partial charge in [0.25, 0.3) is 5.91 Å². The quantitative estimate of drug-likeness (QED) is 0.715. The standard InChI is InChI=1S/C18H28N2O6/c1-5-23-12-10-26-18(16(25-7-3)15(12)24-6-2)20-17(22)13-14(21)11(4)8-9-19-13/h8-9,12,15-16,18,21H,5-7,10H2,1-4H3,(H,20,22)/t12-,15-,16+,18+/m0/s1. The first-order valence-corrected chi connectivity index (χ1v) is 8.95. The molecule has 1 aliphatic rings. The Morgan fingerprint density at radius 3 is 2.54 bits per heavy atom. The van der Waals surface area contributed by atoms with Crippen molar-refractivity contribution in [3.05, 3.63) is 23.5 Å². The molecule has 0 unspecified atom stereocenters. The van der Waals surface area contributed by atoms with E-state index in [2.05, 4.69) is 10.3 Å². The molecule has 0 aromatic carbocycles. The molecule has 1 aromatic rings. The van der Waals surface area contributed by atoms with E-state index in [1.165, 1.54) is 6.20 Å². The van der Waals surface area contributed by atoms with Crippen LogP contribution in [0.5, 0.6) is 5.75 Å². The van der Waals surface area contributed by atoms with Crippen LogP contribution < -0.4 is 5.32 Å². The number of hydrogen-bond acceptors (Lipinski definition) is 7. The molecule has 1 amide bonds. The number of carbonyl (C=O) groups excluding carboxylic acids is 1. The van der Waals surface area contributed by atoms with E-state index in [1.54, 1.807) is 13.0 Å². The third-order valence-corrected chi connectivity index (χ3v) is 4.14. The number of pyridine rings is 1. The smallest absolute Gasteiger partial charge is 0.275 e. The van der Waals surface area contributed by atoms with Crippen molar-refractivity contribution in [2.24, 2.45) is 0 Å². The highest BCUT2D eigenvalue weighted by atomic mass is 16.6. The fraction of sp³-hybridized carbons (Fsp3) is 0.667. The van der Waals surface area contributed by atoms with Gasteiger partial charge in [0, 0.05) is 26.0 Å². The summed E-state index contributed by atoms with van der Waals surface area (Å²) in [6.45, 7) is 9.05. The summed E-state index contributed by atoms with van der Waals surface area (Å²) < 4.78 is 23.1. The molecule has 0 spiro atoms. The van der Waals surface area contributed by atoms with Crippen molar-refractivity contribution in [1.82, 2.24) is 10.3 Å². The molecule has 1 aromatic heterocycles. The van der Waals surface area contributed by atoms with Crippen molar-refractivity contribution in [2.75, 3.05) is 26.4 Å². The SMILES string of the molecule is CCO[C@@H]1[C@@H](OCC)[C@H](NC(=O)c2nccc(C)c2O)OC[C@@H]1OCC. The highest BCUT2D eigenvalue weighted by molar-refractivity contribution is 5.95. The van der Waals surface area contributed by atoms with Gasteiger partial charge in [-0.3, -0.25) is 4.79 Å². The predicted octanol–water partition coefficient (Wildman–Crippen LogP) is 1.40.